The van der Waals surface area contributed by atoms with Gasteiger partial charge in [0.15, 0.2) is 0 Å². The van der Waals surface area contributed by atoms with E-state index in [0.717, 1.165) is 11.1 Å². The van der Waals surface area contributed by atoms with Gasteiger partial charge in [-0.3, -0.25) is 4.79 Å². The number of fused-ring (bicyclic) bond motifs is 1. The number of nitrogens with one attached hydrogen (secondary N) is 1. The minimum Gasteiger partial charge on any atom is -0.481 e. The van der Waals surface area contributed by atoms with Gasteiger partial charge >= 0.3 is 0 Å². The molecule has 28 heavy (non-hydrogen) atoms. The van der Waals surface area contributed by atoms with Gasteiger partial charge in [-0.05, 0) is 29.4 Å². The van der Waals surface area contributed by atoms with Crippen LogP contribution in [0.1, 0.15) is 16.1 Å². The topological polar surface area (TPSA) is 66.8 Å². The summed E-state index contributed by atoms with van der Waals surface area (Å²) in [6.45, 7) is 0. The Morgan fingerprint density at radius 3 is 2.75 bits per heavy atom. The molecule has 0 radical (unpaired) electrons. The summed E-state index contributed by atoms with van der Waals surface area (Å²) in [5.41, 5.74) is 2.45. The van der Waals surface area contributed by atoms with Gasteiger partial charge in [-0.15, -0.1) is 0 Å². The molecule has 0 fully saturated rings. The quantitative estimate of drug-likeness (QED) is 0.898. The van der Waals surface area contributed by atoms with Gasteiger partial charge in [0, 0.05) is 18.5 Å². The standard InChI is InChI=1S/C22H18N4O2/c1-28-21-12-6-10-18(23-21)22(27)25-19-13-14-26-15-17(9-5-11-20(26)24-19)16-7-3-2-4-8-16/h2-15H,1H3,(H,24,25,27). The molecule has 3 heterocycles. The fourth-order valence-corrected chi connectivity index (χ4v) is 2.82. The number of rotatable bonds is 3. The van der Waals surface area contributed by atoms with Gasteiger partial charge in [0.05, 0.1) is 7.11 Å². The SMILES string of the molecule is COc1cccc(C(=O)NC2=NC3=CC=CC(c4ccccc4)=CN3C=C2)n1. The van der Waals surface area contributed by atoms with Gasteiger partial charge < -0.3 is 15.0 Å². The van der Waals surface area contributed by atoms with Crippen LogP contribution < -0.4 is 10.1 Å². The molecule has 0 unspecified atom stereocenters. The molecule has 0 bridgehead atoms. The second-order valence-corrected chi connectivity index (χ2v) is 6.07. The van der Waals surface area contributed by atoms with Crippen LogP contribution in [0.5, 0.6) is 5.88 Å². The van der Waals surface area contributed by atoms with Gasteiger partial charge in [-0.2, -0.15) is 0 Å². The maximum Gasteiger partial charge on any atom is 0.275 e. The summed E-state index contributed by atoms with van der Waals surface area (Å²) in [6, 6.07) is 15.2. The molecule has 2 aliphatic heterocycles. The fourth-order valence-electron chi connectivity index (χ4n) is 2.82. The van der Waals surface area contributed by atoms with E-state index in [1.165, 1.54) is 7.11 Å². The molecule has 1 N–H and O–H groups in total. The maximum atomic E-state index is 12.4. The first-order chi connectivity index (χ1) is 13.7. The molecule has 138 valence electrons. The number of pyridine rings is 1. The average Bonchev–Trinajstić information content (AvgIpc) is 2.96. The Morgan fingerprint density at radius 2 is 1.93 bits per heavy atom. The summed E-state index contributed by atoms with van der Waals surface area (Å²) in [4.78, 5) is 23.0. The molecule has 1 aromatic heterocycles. The molecule has 1 amide bonds. The van der Waals surface area contributed by atoms with Crippen molar-refractivity contribution >= 4 is 17.3 Å². The van der Waals surface area contributed by atoms with E-state index in [4.69, 9.17) is 4.74 Å². The smallest absolute Gasteiger partial charge is 0.275 e. The number of amides is 1. The van der Waals surface area contributed by atoms with E-state index >= 15 is 0 Å². The Kier molecular flexibility index (Phi) is 4.84. The molecule has 0 saturated carbocycles. The number of ether oxygens (including phenoxy) is 1. The Hall–Kier alpha value is -3.93. The van der Waals surface area contributed by atoms with Gasteiger partial charge in [0.25, 0.3) is 5.91 Å². The lowest BCUT2D eigenvalue weighted by Gasteiger charge is -2.21. The molecule has 2 aliphatic rings. The Balaban J connectivity index is 1.52. The summed E-state index contributed by atoms with van der Waals surface area (Å²) < 4.78 is 5.06. The summed E-state index contributed by atoms with van der Waals surface area (Å²) >= 11 is 0. The number of allylic oxidation sites excluding steroid dienone is 4. The molecule has 2 aromatic rings. The summed E-state index contributed by atoms with van der Waals surface area (Å²) in [5.74, 6) is 1.19. The minimum atomic E-state index is -0.346. The number of carbonyl (C=O) groups is 1. The zero-order valence-electron chi connectivity index (χ0n) is 15.2. The number of hydrogen-bond donors (Lipinski definition) is 1. The number of aromatic nitrogens is 1. The highest BCUT2D eigenvalue weighted by molar-refractivity contribution is 6.10. The predicted molar refractivity (Wildman–Crippen MR) is 108 cm³/mol. The van der Waals surface area contributed by atoms with E-state index < -0.39 is 0 Å². The number of hydrogen-bond acceptors (Lipinski definition) is 5. The van der Waals surface area contributed by atoms with Crippen LogP contribution in [0.2, 0.25) is 0 Å². The lowest BCUT2D eigenvalue weighted by atomic mass is 10.1. The van der Waals surface area contributed by atoms with Crippen LogP contribution in [0.25, 0.3) is 5.57 Å². The summed E-state index contributed by atoms with van der Waals surface area (Å²) in [7, 11) is 1.51. The lowest BCUT2D eigenvalue weighted by molar-refractivity contribution is 0.0971. The van der Waals surface area contributed by atoms with Gasteiger partial charge in [-0.25, -0.2) is 9.98 Å². The van der Waals surface area contributed by atoms with Crippen molar-refractivity contribution in [1.29, 1.82) is 0 Å². The molecular formula is C22H18N4O2. The highest BCUT2D eigenvalue weighted by Crippen LogP contribution is 2.24. The second kappa shape index (κ2) is 7.75. The molecule has 1 aromatic carbocycles. The van der Waals surface area contributed by atoms with Crippen LogP contribution in [-0.2, 0) is 0 Å². The van der Waals surface area contributed by atoms with Crippen molar-refractivity contribution in [1.82, 2.24) is 15.2 Å². The Bertz CT molecular complexity index is 1050. The zero-order valence-corrected chi connectivity index (χ0v) is 15.2. The van der Waals surface area contributed by atoms with Gasteiger partial charge in [0.2, 0.25) is 5.88 Å². The number of amidine groups is 1. The van der Waals surface area contributed by atoms with Crippen molar-refractivity contribution < 1.29 is 9.53 Å². The first-order valence-corrected chi connectivity index (χ1v) is 8.76. The van der Waals surface area contributed by atoms with Crippen LogP contribution in [0.4, 0.5) is 0 Å². The van der Waals surface area contributed by atoms with E-state index in [2.05, 4.69) is 27.4 Å². The summed E-state index contributed by atoms with van der Waals surface area (Å²) in [5, 5.41) is 2.78. The van der Waals surface area contributed by atoms with E-state index in [1.54, 1.807) is 24.3 Å². The average molecular weight is 370 g/mol. The van der Waals surface area contributed by atoms with Crippen molar-refractivity contribution in [2.45, 2.75) is 0 Å². The Morgan fingerprint density at radius 1 is 1.07 bits per heavy atom. The lowest BCUT2D eigenvalue weighted by Crippen LogP contribution is -2.32. The largest absolute Gasteiger partial charge is 0.481 e. The molecule has 0 atom stereocenters. The van der Waals surface area contributed by atoms with E-state index in [1.807, 2.05) is 53.7 Å². The second-order valence-electron chi connectivity index (χ2n) is 6.07. The van der Waals surface area contributed by atoms with Crippen molar-refractivity contribution in [2.24, 2.45) is 4.99 Å². The monoisotopic (exact) mass is 370 g/mol. The molecule has 4 rings (SSSR count). The van der Waals surface area contributed by atoms with Crippen LogP contribution in [0, 0.1) is 0 Å². The molecular weight excluding hydrogens is 352 g/mol. The van der Waals surface area contributed by atoms with Gasteiger partial charge in [0.1, 0.15) is 17.4 Å². The van der Waals surface area contributed by atoms with Crippen LogP contribution in [0.3, 0.4) is 0 Å². The minimum absolute atomic E-state index is 0.263. The number of carbonyl (C=O) groups excluding carboxylic acids is 1. The molecule has 6 nitrogen and oxygen atoms in total. The predicted octanol–water partition coefficient (Wildman–Crippen LogP) is 3.50. The number of nitrogens with zero attached hydrogens (tertiary/aromatic N) is 3. The van der Waals surface area contributed by atoms with Crippen molar-refractivity contribution in [3.63, 3.8) is 0 Å². The van der Waals surface area contributed by atoms with Crippen LogP contribution in [0.15, 0.2) is 96.0 Å². The van der Waals surface area contributed by atoms with Crippen LogP contribution >= 0.6 is 0 Å². The number of aliphatic imine (C=N–C) groups is 1. The first kappa shape index (κ1) is 17.5. The number of methoxy groups -OCH3 is 1. The Labute approximate surface area is 162 Å². The van der Waals surface area contributed by atoms with Crippen molar-refractivity contribution in [3.05, 3.63) is 102 Å². The zero-order chi connectivity index (χ0) is 19.3. The molecule has 6 heteroatoms. The van der Waals surface area contributed by atoms with E-state index in [9.17, 15) is 4.79 Å². The van der Waals surface area contributed by atoms with E-state index in [-0.39, 0.29) is 11.6 Å². The van der Waals surface area contributed by atoms with E-state index in [0.29, 0.717) is 17.5 Å². The molecule has 0 spiro atoms. The highest BCUT2D eigenvalue weighted by atomic mass is 16.5. The third kappa shape index (κ3) is 3.76. The normalized spacial score (nSPS) is 15.0. The van der Waals surface area contributed by atoms with Crippen molar-refractivity contribution in [2.75, 3.05) is 7.11 Å². The van der Waals surface area contributed by atoms with Crippen molar-refractivity contribution in [3.8, 4) is 5.88 Å². The van der Waals surface area contributed by atoms with Crippen LogP contribution in [-0.4, -0.2) is 28.7 Å². The number of benzene rings is 1. The highest BCUT2D eigenvalue weighted by Gasteiger charge is 2.16. The van der Waals surface area contributed by atoms with Gasteiger partial charge in [-0.1, -0.05) is 48.6 Å². The third-order valence-corrected chi connectivity index (χ3v) is 4.21. The molecule has 0 aliphatic carbocycles. The molecule has 0 saturated heterocycles. The maximum absolute atomic E-state index is 12.4. The fraction of sp³-hybridized carbons (Fsp3) is 0.0455. The first-order valence-electron chi connectivity index (χ1n) is 8.76. The summed E-state index contributed by atoms with van der Waals surface area (Å²) in [6.07, 6.45) is 11.5. The third-order valence-electron chi connectivity index (χ3n) is 4.21.